The number of piperidine rings is 1. The van der Waals surface area contributed by atoms with Crippen LogP contribution in [0.5, 0.6) is 0 Å². The summed E-state index contributed by atoms with van der Waals surface area (Å²) in [6, 6.07) is 3.32. The molecule has 1 aromatic carbocycles. The third-order valence-electron chi connectivity index (χ3n) is 6.77. The van der Waals surface area contributed by atoms with Crippen LogP contribution in [0.3, 0.4) is 0 Å². The third kappa shape index (κ3) is 5.68. The summed E-state index contributed by atoms with van der Waals surface area (Å²) in [6.07, 6.45) is 7.23. The van der Waals surface area contributed by atoms with Gasteiger partial charge in [0.2, 0.25) is 16.0 Å². The molecule has 196 valence electrons. The van der Waals surface area contributed by atoms with E-state index in [4.69, 9.17) is 11.5 Å². The largest absolute Gasteiger partial charge is 0.365 e. The number of carbonyl (C=O) groups excluding carboxylic acids is 1. The van der Waals surface area contributed by atoms with Gasteiger partial charge in [-0.1, -0.05) is 25.7 Å². The Labute approximate surface area is 208 Å². The van der Waals surface area contributed by atoms with Crippen molar-refractivity contribution in [3.63, 3.8) is 0 Å². The highest BCUT2D eigenvalue weighted by Crippen LogP contribution is 2.28. The van der Waals surface area contributed by atoms with Crippen molar-refractivity contribution >= 4 is 33.4 Å². The highest BCUT2D eigenvalue weighted by Gasteiger charge is 2.29. The van der Waals surface area contributed by atoms with Gasteiger partial charge in [-0.05, 0) is 43.9 Å². The maximum absolute atomic E-state index is 14.7. The van der Waals surface area contributed by atoms with Gasteiger partial charge in [0.05, 0.1) is 10.6 Å². The van der Waals surface area contributed by atoms with Gasteiger partial charge in [0.15, 0.2) is 5.82 Å². The molecule has 2 aliphatic rings. The first-order valence-corrected chi connectivity index (χ1v) is 13.6. The van der Waals surface area contributed by atoms with Crippen molar-refractivity contribution in [3.8, 4) is 0 Å². The Balaban J connectivity index is 1.64. The zero-order valence-electron chi connectivity index (χ0n) is 20.0. The van der Waals surface area contributed by atoms with E-state index in [-0.39, 0.29) is 22.3 Å². The van der Waals surface area contributed by atoms with E-state index >= 15 is 0 Å². The number of aromatic nitrogens is 2. The Morgan fingerprint density at radius 2 is 1.81 bits per heavy atom. The first-order chi connectivity index (χ1) is 17.1. The van der Waals surface area contributed by atoms with Crippen LogP contribution in [0, 0.1) is 5.82 Å². The molecule has 1 amide bonds. The molecule has 1 aliphatic carbocycles. The third-order valence-corrected chi connectivity index (χ3v) is 8.66. The zero-order chi connectivity index (χ0) is 25.9. The van der Waals surface area contributed by atoms with Gasteiger partial charge in [-0.15, -0.1) is 0 Å². The normalized spacial score (nSPS) is 18.5. The molecule has 0 atom stereocenters. The fourth-order valence-electron chi connectivity index (χ4n) is 4.71. The monoisotopic (exact) mass is 521 g/mol. The average Bonchev–Trinajstić information content (AvgIpc) is 2.84. The number of nitrogens with one attached hydrogen (secondary N) is 3. The van der Waals surface area contributed by atoms with E-state index in [0.717, 1.165) is 63.5 Å². The summed E-state index contributed by atoms with van der Waals surface area (Å²) in [5.74, 6) is -2.13. The zero-order valence-corrected chi connectivity index (χ0v) is 20.8. The molecule has 0 unspecified atom stereocenters. The average molecular weight is 522 g/mol. The number of H-pyrrole nitrogens is 1. The lowest BCUT2D eigenvalue weighted by Gasteiger charge is -2.33. The Bertz CT molecular complexity index is 1290. The maximum atomic E-state index is 14.7. The van der Waals surface area contributed by atoms with Gasteiger partial charge >= 0.3 is 0 Å². The van der Waals surface area contributed by atoms with Crippen LogP contribution in [0.25, 0.3) is 0 Å². The molecular weight excluding hydrogens is 489 g/mol. The van der Waals surface area contributed by atoms with Gasteiger partial charge < -0.3 is 22.1 Å². The predicted molar refractivity (Wildman–Crippen MR) is 134 cm³/mol. The first kappa shape index (κ1) is 26.0. The van der Waals surface area contributed by atoms with E-state index in [1.807, 2.05) is 0 Å². The molecule has 0 radical (unpaired) electrons. The lowest BCUT2D eigenvalue weighted by Crippen LogP contribution is -2.48. The van der Waals surface area contributed by atoms with Gasteiger partial charge in [0.1, 0.15) is 11.4 Å². The molecule has 0 bridgehead atoms. The number of primary amides is 1. The number of aromatic amines is 1. The molecule has 0 spiro atoms. The summed E-state index contributed by atoms with van der Waals surface area (Å²) < 4.78 is 42.2. The maximum Gasteiger partial charge on any atom is 0.267 e. The van der Waals surface area contributed by atoms with Crippen molar-refractivity contribution in [2.24, 2.45) is 11.5 Å². The van der Waals surface area contributed by atoms with Crippen molar-refractivity contribution in [1.29, 1.82) is 0 Å². The number of anilines is 3. The van der Waals surface area contributed by atoms with Crippen LogP contribution < -0.4 is 27.7 Å². The lowest BCUT2D eigenvalue weighted by molar-refractivity contribution is 0.0999. The van der Waals surface area contributed by atoms with E-state index in [2.05, 4.69) is 20.6 Å². The van der Waals surface area contributed by atoms with Crippen molar-refractivity contribution in [3.05, 3.63) is 39.9 Å². The number of carbonyl (C=O) groups is 1. The molecular formula is C23H32FN7O4S. The molecule has 11 nitrogen and oxygen atoms in total. The first-order valence-electron chi connectivity index (χ1n) is 12.1. The van der Waals surface area contributed by atoms with Crippen molar-refractivity contribution < 1.29 is 17.6 Å². The number of benzene rings is 1. The van der Waals surface area contributed by atoms with Gasteiger partial charge in [-0.2, -0.15) is 9.29 Å². The topological polar surface area (TPSA) is 176 Å². The van der Waals surface area contributed by atoms with Crippen LogP contribution in [0.2, 0.25) is 0 Å². The Morgan fingerprint density at radius 1 is 1.14 bits per heavy atom. The number of amides is 1. The molecule has 1 saturated heterocycles. The summed E-state index contributed by atoms with van der Waals surface area (Å²) in [6.45, 7) is 1.12. The van der Waals surface area contributed by atoms with Crippen LogP contribution in [-0.2, 0) is 10.0 Å². The molecule has 1 saturated carbocycles. The van der Waals surface area contributed by atoms with E-state index in [9.17, 15) is 22.4 Å². The summed E-state index contributed by atoms with van der Waals surface area (Å²) in [4.78, 5) is 31.2. The molecule has 4 rings (SSSR count). The Morgan fingerprint density at radius 3 is 2.47 bits per heavy atom. The predicted octanol–water partition coefficient (Wildman–Crippen LogP) is 2.00. The summed E-state index contributed by atoms with van der Waals surface area (Å²) in [7, 11) is -3.84. The number of nitrogens with two attached hydrogens (primary N) is 2. The van der Waals surface area contributed by atoms with Crippen molar-refractivity contribution in [2.45, 2.75) is 61.8 Å². The van der Waals surface area contributed by atoms with E-state index in [0.29, 0.717) is 19.6 Å². The minimum Gasteiger partial charge on any atom is -0.365 e. The molecule has 2 heterocycles. The lowest BCUT2D eigenvalue weighted by atomic mass is 9.82. The van der Waals surface area contributed by atoms with E-state index in [1.54, 1.807) is 0 Å². The van der Waals surface area contributed by atoms with Crippen LogP contribution in [0.4, 0.5) is 21.8 Å². The minimum atomic E-state index is -3.84. The summed E-state index contributed by atoms with van der Waals surface area (Å²) >= 11 is 0. The molecule has 2 aromatic rings. The molecule has 1 aromatic heterocycles. The smallest absolute Gasteiger partial charge is 0.267 e. The second kappa shape index (κ2) is 10.5. The van der Waals surface area contributed by atoms with Gasteiger partial charge in [-0.3, -0.25) is 14.6 Å². The number of sulfonamides is 1. The van der Waals surface area contributed by atoms with Crippen LogP contribution in [0.15, 0.2) is 27.9 Å². The number of halogens is 1. The fraction of sp³-hybridized carbons (Fsp3) is 0.522. The molecule has 7 N–H and O–H groups in total. The highest BCUT2D eigenvalue weighted by molar-refractivity contribution is 7.89. The summed E-state index contributed by atoms with van der Waals surface area (Å²) in [5, 5.41) is 5.61. The van der Waals surface area contributed by atoms with Gasteiger partial charge in [-0.25, -0.2) is 12.8 Å². The molecule has 13 heteroatoms. The summed E-state index contributed by atoms with van der Waals surface area (Å²) in [5.41, 5.74) is 9.77. The quantitative estimate of drug-likeness (QED) is 0.350. The van der Waals surface area contributed by atoms with E-state index in [1.165, 1.54) is 10.4 Å². The van der Waals surface area contributed by atoms with Crippen molar-refractivity contribution in [2.75, 3.05) is 30.3 Å². The number of rotatable bonds is 8. The van der Waals surface area contributed by atoms with Crippen LogP contribution >= 0.6 is 0 Å². The standard InChI is InChI=1S/C23H32FN7O4S/c24-16-8-7-15(36(34,35)31-11-5-2-6-12-31)13-17(16)28-20-18(19(25)32)21(33)30-22(29-20)27-14-23(26)9-3-1-4-10-23/h7-8,13H,1-6,9-12,14,26H2,(H2,25,32)(H3,27,28,29,30,33). The van der Waals surface area contributed by atoms with Gasteiger partial charge in [0.25, 0.3) is 11.5 Å². The fourth-order valence-corrected chi connectivity index (χ4v) is 6.25. The SMILES string of the molecule is NC(=O)c1c(Nc2cc(S(=O)(=O)N3CCCCC3)ccc2F)nc(NCC2(N)CCCCC2)[nH]c1=O. The Hall–Kier alpha value is -3.03. The second-order valence-electron chi connectivity index (χ2n) is 9.51. The number of hydrogen-bond donors (Lipinski definition) is 5. The highest BCUT2D eigenvalue weighted by atomic mass is 32.2. The second-order valence-corrected chi connectivity index (χ2v) is 11.4. The van der Waals surface area contributed by atoms with E-state index < -0.39 is 38.4 Å². The van der Waals surface area contributed by atoms with Crippen molar-refractivity contribution in [1.82, 2.24) is 14.3 Å². The number of nitrogens with zero attached hydrogens (tertiary/aromatic N) is 2. The molecule has 1 aliphatic heterocycles. The minimum absolute atomic E-state index is 0.0281. The molecule has 36 heavy (non-hydrogen) atoms. The number of hydrogen-bond acceptors (Lipinski definition) is 8. The van der Waals surface area contributed by atoms with Crippen LogP contribution in [-0.4, -0.2) is 53.8 Å². The Kier molecular flexibility index (Phi) is 7.62. The van der Waals surface area contributed by atoms with Gasteiger partial charge in [0, 0.05) is 25.2 Å². The van der Waals surface area contributed by atoms with Crippen LogP contribution in [0.1, 0.15) is 61.7 Å². The molecule has 2 fully saturated rings.